The highest BCUT2D eigenvalue weighted by Crippen LogP contribution is 2.39. The third kappa shape index (κ3) is 7.35. The molecule has 226 valence electrons. The average molecular weight is 607 g/mol. The second-order valence-electron chi connectivity index (χ2n) is 11.0. The van der Waals surface area contributed by atoms with Gasteiger partial charge in [0.1, 0.15) is 35.9 Å². The number of aryl methyl sites for hydroxylation is 1. The number of hydrogen-bond acceptors (Lipinski definition) is 11. The molecule has 0 bridgehead atoms. The zero-order valence-corrected chi connectivity index (χ0v) is 24.4. The van der Waals surface area contributed by atoms with Crippen LogP contribution in [0.3, 0.4) is 0 Å². The lowest BCUT2D eigenvalue weighted by Crippen LogP contribution is -2.65. The van der Waals surface area contributed by atoms with Crippen molar-refractivity contribution in [2.75, 3.05) is 12.8 Å². The minimum atomic E-state index is -1.50. The van der Waals surface area contributed by atoms with E-state index in [9.17, 15) is 29.7 Å². The normalized spacial score (nSPS) is 32.7. The van der Waals surface area contributed by atoms with Gasteiger partial charge in [-0.3, -0.25) is 9.69 Å². The third-order valence-corrected chi connectivity index (χ3v) is 9.19. The molecule has 4 N–H and O–H groups in total. The molecular formula is C26H39ClN2O10S. The molecule has 9 atom stereocenters. The summed E-state index contributed by atoms with van der Waals surface area (Å²) in [4.78, 5) is 39.7. The van der Waals surface area contributed by atoms with E-state index in [4.69, 9.17) is 29.9 Å². The molecule has 1 saturated carbocycles. The Morgan fingerprint density at radius 2 is 1.77 bits per heavy atom. The fourth-order valence-electron chi connectivity index (χ4n) is 5.52. The second-order valence-corrected chi connectivity index (χ2v) is 12.6. The number of carbonyl (C=O) groups is 2. The van der Waals surface area contributed by atoms with Gasteiger partial charge in [-0.1, -0.05) is 12.8 Å². The summed E-state index contributed by atoms with van der Waals surface area (Å²) < 4.78 is 21.0. The maximum Gasteiger partial charge on any atom is 0.519 e. The van der Waals surface area contributed by atoms with Crippen LogP contribution in [0.2, 0.25) is 0 Å². The van der Waals surface area contributed by atoms with Crippen molar-refractivity contribution in [3.05, 3.63) is 22.1 Å². The molecule has 0 aromatic carbocycles. The minimum Gasteiger partial charge on any atom is -0.441 e. The van der Waals surface area contributed by atoms with Gasteiger partial charge >= 0.3 is 11.9 Å². The molecule has 4 unspecified atom stereocenters. The van der Waals surface area contributed by atoms with Crippen molar-refractivity contribution in [1.82, 2.24) is 10.2 Å². The molecule has 4 rings (SSSR count). The van der Waals surface area contributed by atoms with Gasteiger partial charge in [0, 0.05) is 6.54 Å². The van der Waals surface area contributed by atoms with E-state index < -0.39 is 65.1 Å². The van der Waals surface area contributed by atoms with Crippen molar-refractivity contribution in [2.45, 2.75) is 106 Å². The molecule has 3 aliphatic rings. The highest BCUT2D eigenvalue weighted by Gasteiger charge is 2.48. The number of thioether (sulfide) groups is 1. The van der Waals surface area contributed by atoms with Crippen molar-refractivity contribution < 1.29 is 43.2 Å². The van der Waals surface area contributed by atoms with Crippen molar-refractivity contribution in [3.8, 4) is 0 Å². The van der Waals surface area contributed by atoms with Crippen LogP contribution in [0.25, 0.3) is 0 Å². The molecule has 1 aliphatic carbocycles. The number of likely N-dealkylation sites (tertiary alicyclic amines) is 1. The maximum absolute atomic E-state index is 13.8. The molecule has 1 aromatic heterocycles. The largest absolute Gasteiger partial charge is 0.519 e. The molecule has 0 radical (unpaired) electrons. The Morgan fingerprint density at radius 1 is 1.10 bits per heavy atom. The average Bonchev–Trinajstić information content (AvgIpc) is 3.70. The number of alkyl halides is 1. The van der Waals surface area contributed by atoms with Crippen molar-refractivity contribution in [2.24, 2.45) is 11.8 Å². The van der Waals surface area contributed by atoms with Gasteiger partial charge in [-0.2, -0.15) is 0 Å². The lowest BCUT2D eigenvalue weighted by molar-refractivity contribution is -0.205. The number of hydrogen-bond donors (Lipinski definition) is 4. The summed E-state index contributed by atoms with van der Waals surface area (Å²) in [7, 11) is 0. The first-order chi connectivity index (χ1) is 19.0. The Morgan fingerprint density at radius 3 is 2.38 bits per heavy atom. The smallest absolute Gasteiger partial charge is 0.441 e. The van der Waals surface area contributed by atoms with Gasteiger partial charge in [-0.05, 0) is 57.6 Å². The molecular weight excluding hydrogens is 568 g/mol. The van der Waals surface area contributed by atoms with Crippen molar-refractivity contribution >= 4 is 35.4 Å². The highest BCUT2D eigenvalue weighted by atomic mass is 35.5. The van der Waals surface area contributed by atoms with E-state index in [1.807, 2.05) is 0 Å². The van der Waals surface area contributed by atoms with E-state index in [0.717, 1.165) is 24.6 Å². The lowest BCUT2D eigenvalue weighted by atomic mass is 9.92. The summed E-state index contributed by atoms with van der Waals surface area (Å²) in [6.45, 7) is 3.11. The summed E-state index contributed by atoms with van der Waals surface area (Å²) in [5, 5.41) is 33.5. The highest BCUT2D eigenvalue weighted by molar-refractivity contribution is 7.99. The number of halogens is 1. The van der Waals surface area contributed by atoms with Crippen LogP contribution in [0.5, 0.6) is 0 Å². The summed E-state index contributed by atoms with van der Waals surface area (Å²) in [5.41, 5.74) is -0.836. The first kappa shape index (κ1) is 31.2. The van der Waals surface area contributed by atoms with Gasteiger partial charge in [0.15, 0.2) is 18.1 Å². The Labute approximate surface area is 241 Å². The van der Waals surface area contributed by atoms with Crippen molar-refractivity contribution in [1.29, 1.82) is 0 Å². The third-order valence-electron chi connectivity index (χ3n) is 8.06. The predicted molar refractivity (Wildman–Crippen MR) is 145 cm³/mol. The van der Waals surface area contributed by atoms with Crippen LogP contribution in [0, 0.1) is 18.8 Å². The van der Waals surface area contributed by atoms with E-state index in [1.54, 1.807) is 13.2 Å². The fourth-order valence-corrected chi connectivity index (χ4v) is 6.41. The van der Waals surface area contributed by atoms with Gasteiger partial charge < -0.3 is 38.9 Å². The van der Waals surface area contributed by atoms with Gasteiger partial charge in [0.2, 0.25) is 5.91 Å². The number of rotatable bonds is 9. The first-order valence-electron chi connectivity index (χ1n) is 13.7. The zero-order valence-electron chi connectivity index (χ0n) is 22.9. The van der Waals surface area contributed by atoms with Gasteiger partial charge in [0.05, 0.1) is 11.4 Å². The summed E-state index contributed by atoms with van der Waals surface area (Å²) in [5.74, 6) is -0.0456. The summed E-state index contributed by atoms with van der Waals surface area (Å²) in [6.07, 6.45) is 0.857. The maximum atomic E-state index is 13.8. The molecule has 2 saturated heterocycles. The molecule has 2 aliphatic heterocycles. The van der Waals surface area contributed by atoms with Gasteiger partial charge in [-0.15, -0.1) is 23.4 Å². The molecule has 40 heavy (non-hydrogen) atoms. The first-order valence-corrected chi connectivity index (χ1v) is 15.4. The lowest BCUT2D eigenvalue weighted by Gasteiger charge is -2.44. The fraction of sp³-hybridized carbons (Fsp3) is 0.808. The van der Waals surface area contributed by atoms with E-state index in [0.29, 0.717) is 31.2 Å². The van der Waals surface area contributed by atoms with Gasteiger partial charge in [-0.25, -0.2) is 9.59 Å². The van der Waals surface area contributed by atoms with E-state index in [2.05, 4.69) is 5.32 Å². The number of ether oxygens (including phenoxy) is 2. The van der Waals surface area contributed by atoms with Crippen LogP contribution in [0.4, 0.5) is 4.79 Å². The predicted octanol–water partition coefficient (Wildman–Crippen LogP) is 1.73. The van der Waals surface area contributed by atoms with E-state index in [-0.39, 0.29) is 18.1 Å². The Kier molecular flexibility index (Phi) is 10.5. The van der Waals surface area contributed by atoms with Gasteiger partial charge in [0.25, 0.3) is 0 Å². The Hall–Kier alpha value is -1.77. The molecule has 0 spiro atoms. The number of nitrogens with one attached hydrogen (secondary N) is 1. The molecule has 3 heterocycles. The van der Waals surface area contributed by atoms with Crippen LogP contribution in [0.15, 0.2) is 13.6 Å². The monoisotopic (exact) mass is 606 g/mol. The quantitative estimate of drug-likeness (QED) is 0.302. The van der Waals surface area contributed by atoms with Crippen LogP contribution < -0.4 is 11.1 Å². The molecule has 1 aromatic rings. The molecule has 2 amide bonds. The topological polar surface area (TPSA) is 172 Å². The summed E-state index contributed by atoms with van der Waals surface area (Å²) in [6, 6.07) is -1.83. The van der Waals surface area contributed by atoms with Crippen LogP contribution in [-0.4, -0.2) is 92.3 Å². The standard InChI is InChI=1S/C26H39ClN2O10S/c1-12(27)18(22-20(31)19(30)21(32)24(39-22)40-3)28-23(33)16-7-6-15(10-14-4-5-14)8-9-29(16)25(34)36-11-17-13(2)37-26(35)38-17/h12,14-16,18-22,24,30-32H,4-11H2,1-3H3,(H,28,33)/t12?,15?,16?,18?,19-,20+,21+,22+,24+/m0/s1. The Bertz CT molecular complexity index is 1080. The van der Waals surface area contributed by atoms with Crippen LogP contribution >= 0.6 is 23.4 Å². The molecule has 14 heteroatoms. The number of aliphatic hydroxyl groups is 3. The Balaban J connectivity index is 1.50. The minimum absolute atomic E-state index is 0.0874. The van der Waals surface area contributed by atoms with E-state index in [1.165, 1.54) is 24.7 Å². The number of amides is 2. The van der Waals surface area contributed by atoms with Crippen LogP contribution in [0.1, 0.15) is 57.0 Å². The van der Waals surface area contributed by atoms with E-state index >= 15 is 0 Å². The van der Waals surface area contributed by atoms with Crippen LogP contribution in [-0.2, 0) is 20.9 Å². The number of carbonyl (C=O) groups excluding carboxylic acids is 2. The molecule has 3 fully saturated rings. The second kappa shape index (κ2) is 13.5. The SMILES string of the molecule is CS[C@H]1O[C@H](C(NC(=O)C2CCC(CC3CC3)CCN2C(=O)OCc2oc(=O)oc2C)C(C)Cl)[C@H](O)[C@H](O)[C@H]1O. The number of nitrogens with zero attached hydrogens (tertiary/aromatic N) is 1. The molecule has 12 nitrogen and oxygen atoms in total. The summed E-state index contributed by atoms with van der Waals surface area (Å²) >= 11 is 7.61. The zero-order chi connectivity index (χ0) is 29.1. The van der Waals surface area contributed by atoms with Crippen molar-refractivity contribution in [3.63, 3.8) is 0 Å². The number of aliphatic hydroxyl groups excluding tert-OH is 3.